The van der Waals surface area contributed by atoms with E-state index in [1.54, 1.807) is 50.4 Å². The molecule has 1 amide bonds. The Morgan fingerprint density at radius 2 is 1.65 bits per heavy atom. The lowest BCUT2D eigenvalue weighted by molar-refractivity contribution is -0.132. The molecule has 0 aliphatic carbocycles. The van der Waals surface area contributed by atoms with Crippen LogP contribution in [-0.4, -0.2) is 31.0 Å². The van der Waals surface area contributed by atoms with Gasteiger partial charge in [-0.1, -0.05) is 12.1 Å². The second-order valence-corrected chi connectivity index (χ2v) is 8.06. The molecule has 1 fully saturated rings. The fraction of sp³-hybridized carbons (Fsp3) is 0.185. The quantitative estimate of drug-likeness (QED) is 0.326. The highest BCUT2D eigenvalue weighted by atomic mass is 19.1. The summed E-state index contributed by atoms with van der Waals surface area (Å²) in [7, 11) is 3.07. The van der Waals surface area contributed by atoms with Crippen LogP contribution in [0.5, 0.6) is 11.5 Å². The SMILES string of the molecule is COc1cccc(C2/C(=C(\O)c3cc(C)c(OC)cc3C)C(=O)C(=O)N2c2ccc(F)cc2)c1. The van der Waals surface area contributed by atoms with Crippen molar-refractivity contribution in [3.63, 3.8) is 0 Å². The molecule has 0 spiro atoms. The van der Waals surface area contributed by atoms with E-state index in [1.807, 2.05) is 6.92 Å². The Balaban J connectivity index is 1.98. The van der Waals surface area contributed by atoms with E-state index in [9.17, 15) is 19.1 Å². The first kappa shape index (κ1) is 23.0. The maximum Gasteiger partial charge on any atom is 0.300 e. The Bertz CT molecular complexity index is 1310. The lowest BCUT2D eigenvalue weighted by Gasteiger charge is -2.26. The van der Waals surface area contributed by atoms with Crippen LogP contribution in [0, 0.1) is 19.7 Å². The zero-order valence-electron chi connectivity index (χ0n) is 19.3. The minimum Gasteiger partial charge on any atom is -0.507 e. The first-order valence-corrected chi connectivity index (χ1v) is 10.6. The average molecular weight is 461 g/mol. The van der Waals surface area contributed by atoms with Gasteiger partial charge in [-0.25, -0.2) is 4.39 Å². The van der Waals surface area contributed by atoms with E-state index in [4.69, 9.17) is 9.47 Å². The molecule has 0 saturated carbocycles. The lowest BCUT2D eigenvalue weighted by atomic mass is 9.93. The molecule has 3 aromatic rings. The maximum atomic E-state index is 13.6. The van der Waals surface area contributed by atoms with Crippen LogP contribution in [0.2, 0.25) is 0 Å². The van der Waals surface area contributed by atoms with Crippen molar-refractivity contribution in [3.8, 4) is 11.5 Å². The number of rotatable bonds is 5. The third-order valence-corrected chi connectivity index (χ3v) is 5.96. The van der Waals surface area contributed by atoms with E-state index in [0.717, 1.165) is 5.56 Å². The molecule has 1 heterocycles. The number of Topliss-reactive ketones (excluding diaryl/α,β-unsaturated/α-hetero) is 1. The van der Waals surface area contributed by atoms with Crippen molar-refractivity contribution < 1.29 is 28.6 Å². The molecule has 0 radical (unpaired) electrons. The van der Waals surface area contributed by atoms with E-state index in [-0.39, 0.29) is 11.3 Å². The summed E-state index contributed by atoms with van der Waals surface area (Å²) in [5, 5.41) is 11.4. The number of benzene rings is 3. The van der Waals surface area contributed by atoms with Crippen LogP contribution in [0.3, 0.4) is 0 Å². The summed E-state index contributed by atoms with van der Waals surface area (Å²) in [6, 6.07) is 14.8. The second-order valence-electron chi connectivity index (χ2n) is 8.06. The third-order valence-electron chi connectivity index (χ3n) is 5.96. The van der Waals surface area contributed by atoms with Gasteiger partial charge in [0, 0.05) is 11.3 Å². The molecule has 174 valence electrons. The number of methoxy groups -OCH3 is 2. The number of anilines is 1. The van der Waals surface area contributed by atoms with Crippen molar-refractivity contribution >= 4 is 23.1 Å². The predicted octanol–water partition coefficient (Wildman–Crippen LogP) is 5.09. The number of carbonyl (C=O) groups is 2. The molecule has 0 bridgehead atoms. The molecule has 4 rings (SSSR count). The van der Waals surface area contributed by atoms with E-state index in [1.165, 1.54) is 36.3 Å². The van der Waals surface area contributed by atoms with Crippen LogP contribution >= 0.6 is 0 Å². The fourth-order valence-corrected chi connectivity index (χ4v) is 4.24. The number of halogens is 1. The summed E-state index contributed by atoms with van der Waals surface area (Å²) in [6.45, 7) is 3.61. The molecule has 6 nitrogen and oxygen atoms in total. The number of carbonyl (C=O) groups excluding carboxylic acids is 2. The van der Waals surface area contributed by atoms with Crippen molar-refractivity contribution in [1.82, 2.24) is 0 Å². The van der Waals surface area contributed by atoms with E-state index >= 15 is 0 Å². The molecule has 1 saturated heterocycles. The largest absolute Gasteiger partial charge is 0.507 e. The molecule has 3 aromatic carbocycles. The summed E-state index contributed by atoms with van der Waals surface area (Å²) < 4.78 is 24.3. The number of hydrogen-bond acceptors (Lipinski definition) is 5. The molecule has 1 N–H and O–H groups in total. The van der Waals surface area contributed by atoms with Gasteiger partial charge in [0.1, 0.15) is 23.1 Å². The Morgan fingerprint density at radius 1 is 0.941 bits per heavy atom. The Hall–Kier alpha value is -4.13. The number of ether oxygens (including phenoxy) is 2. The standard InChI is InChI=1S/C27H24FNO5/c1-15-13-22(34-4)16(2)12-21(15)25(30)23-24(17-6-5-7-20(14-17)33-3)29(27(32)26(23)31)19-10-8-18(28)9-11-19/h5-14,24,30H,1-4H3/b25-23+. The smallest absolute Gasteiger partial charge is 0.300 e. The van der Waals surface area contributed by atoms with Gasteiger partial charge in [0.2, 0.25) is 0 Å². The number of aliphatic hydroxyl groups excluding tert-OH is 1. The molecule has 1 atom stereocenters. The van der Waals surface area contributed by atoms with Gasteiger partial charge in [-0.2, -0.15) is 0 Å². The average Bonchev–Trinajstić information content (AvgIpc) is 3.10. The van der Waals surface area contributed by atoms with E-state index in [0.29, 0.717) is 33.9 Å². The Kier molecular flexibility index (Phi) is 6.11. The van der Waals surface area contributed by atoms with Crippen LogP contribution in [0.1, 0.15) is 28.3 Å². The highest BCUT2D eigenvalue weighted by Crippen LogP contribution is 2.43. The van der Waals surface area contributed by atoms with Crippen molar-refractivity contribution in [2.24, 2.45) is 0 Å². The molecule has 1 unspecified atom stereocenters. The Morgan fingerprint density at radius 3 is 2.29 bits per heavy atom. The maximum absolute atomic E-state index is 13.6. The van der Waals surface area contributed by atoms with Gasteiger partial charge in [0.25, 0.3) is 11.7 Å². The molecular formula is C27H24FNO5. The highest BCUT2D eigenvalue weighted by molar-refractivity contribution is 6.51. The number of nitrogens with zero attached hydrogens (tertiary/aromatic N) is 1. The van der Waals surface area contributed by atoms with E-state index in [2.05, 4.69) is 0 Å². The summed E-state index contributed by atoms with van der Waals surface area (Å²) in [5.41, 5.74) is 2.70. The van der Waals surface area contributed by atoms with Crippen molar-refractivity contribution in [2.75, 3.05) is 19.1 Å². The van der Waals surface area contributed by atoms with Crippen molar-refractivity contribution in [2.45, 2.75) is 19.9 Å². The summed E-state index contributed by atoms with van der Waals surface area (Å²) in [4.78, 5) is 27.8. The van der Waals surface area contributed by atoms with Crippen LogP contribution < -0.4 is 14.4 Å². The topological polar surface area (TPSA) is 76.1 Å². The first-order valence-electron chi connectivity index (χ1n) is 10.6. The number of hydrogen-bond donors (Lipinski definition) is 1. The molecule has 0 aromatic heterocycles. The number of ketones is 1. The first-order chi connectivity index (χ1) is 16.3. The van der Waals surface area contributed by atoms with Crippen LogP contribution in [0.4, 0.5) is 10.1 Å². The van der Waals surface area contributed by atoms with Gasteiger partial charge in [-0.05, 0) is 79.1 Å². The second kappa shape index (κ2) is 9.02. The molecule has 34 heavy (non-hydrogen) atoms. The van der Waals surface area contributed by atoms with Gasteiger partial charge in [-0.15, -0.1) is 0 Å². The molecule has 7 heteroatoms. The highest BCUT2D eigenvalue weighted by Gasteiger charge is 2.47. The predicted molar refractivity (Wildman–Crippen MR) is 127 cm³/mol. The van der Waals surface area contributed by atoms with Crippen molar-refractivity contribution in [3.05, 3.63) is 94.3 Å². The number of aliphatic hydroxyl groups is 1. The van der Waals surface area contributed by atoms with Gasteiger partial charge in [0.05, 0.1) is 25.8 Å². The van der Waals surface area contributed by atoms with Gasteiger partial charge >= 0.3 is 0 Å². The van der Waals surface area contributed by atoms with Crippen LogP contribution in [0.25, 0.3) is 5.76 Å². The molecule has 1 aliphatic rings. The van der Waals surface area contributed by atoms with Gasteiger partial charge in [-0.3, -0.25) is 14.5 Å². The third kappa shape index (κ3) is 3.90. The molecule has 1 aliphatic heterocycles. The normalized spacial score (nSPS) is 17.2. The molecular weight excluding hydrogens is 437 g/mol. The van der Waals surface area contributed by atoms with Gasteiger partial charge < -0.3 is 14.6 Å². The zero-order valence-corrected chi connectivity index (χ0v) is 19.3. The number of amides is 1. The fourth-order valence-electron chi connectivity index (χ4n) is 4.24. The Labute approximate surface area is 196 Å². The van der Waals surface area contributed by atoms with Crippen LogP contribution in [0.15, 0.2) is 66.2 Å². The van der Waals surface area contributed by atoms with Gasteiger partial charge in [0.15, 0.2) is 0 Å². The van der Waals surface area contributed by atoms with Crippen LogP contribution in [-0.2, 0) is 9.59 Å². The monoisotopic (exact) mass is 461 g/mol. The van der Waals surface area contributed by atoms with E-state index < -0.39 is 23.5 Å². The lowest BCUT2D eigenvalue weighted by Crippen LogP contribution is -2.29. The minimum atomic E-state index is -0.942. The minimum absolute atomic E-state index is 0.0600. The summed E-state index contributed by atoms with van der Waals surface area (Å²) in [5.74, 6) is -1.24. The summed E-state index contributed by atoms with van der Waals surface area (Å²) in [6.07, 6.45) is 0. The summed E-state index contributed by atoms with van der Waals surface area (Å²) >= 11 is 0. The van der Waals surface area contributed by atoms with Crippen molar-refractivity contribution in [1.29, 1.82) is 0 Å². The zero-order chi connectivity index (χ0) is 24.6. The number of aryl methyl sites for hydroxylation is 2.